The van der Waals surface area contributed by atoms with Crippen LogP contribution in [0.25, 0.3) is 0 Å². The summed E-state index contributed by atoms with van der Waals surface area (Å²) in [6.45, 7) is 4.09. The first-order valence-electron chi connectivity index (χ1n) is 6.74. The van der Waals surface area contributed by atoms with E-state index in [1.54, 1.807) is 7.05 Å². The highest BCUT2D eigenvalue weighted by Gasteiger charge is 2.41. The van der Waals surface area contributed by atoms with Crippen LogP contribution in [-0.4, -0.2) is 49.3 Å². The van der Waals surface area contributed by atoms with Crippen molar-refractivity contribution in [2.24, 2.45) is 12.5 Å². The predicted octanol–water partition coefficient (Wildman–Crippen LogP) is 0.677. The van der Waals surface area contributed by atoms with Gasteiger partial charge in [-0.05, 0) is 31.0 Å². The van der Waals surface area contributed by atoms with Gasteiger partial charge in [0.25, 0.3) is 0 Å². The molecule has 1 aromatic heterocycles. The van der Waals surface area contributed by atoms with Crippen molar-refractivity contribution in [2.75, 3.05) is 13.1 Å². The Balaban J connectivity index is 2.05. The highest BCUT2D eigenvalue weighted by molar-refractivity contribution is 5.75. The quantitative estimate of drug-likeness (QED) is 0.844. The Bertz CT molecular complexity index is 443. The van der Waals surface area contributed by atoms with Gasteiger partial charge in [-0.25, -0.2) is 0 Å². The minimum Gasteiger partial charge on any atom is -0.481 e. The summed E-state index contributed by atoms with van der Waals surface area (Å²) in [4.78, 5) is 15.1. The molecule has 7 nitrogen and oxygen atoms in total. The minimum absolute atomic E-state index is 0.576. The third-order valence-corrected chi connectivity index (χ3v) is 3.75. The van der Waals surface area contributed by atoms with Crippen molar-refractivity contribution >= 4 is 5.97 Å². The average molecular weight is 267 g/mol. The number of likely N-dealkylation sites (tertiary alicyclic amines) is 1. The maximum atomic E-state index is 11.6. The van der Waals surface area contributed by atoms with Gasteiger partial charge in [0.05, 0.1) is 19.0 Å². The van der Waals surface area contributed by atoms with E-state index in [4.69, 9.17) is 0 Å². The molecule has 0 spiro atoms. The van der Waals surface area contributed by atoms with Gasteiger partial charge in [-0.3, -0.25) is 9.69 Å². The number of aromatic nitrogens is 4. The van der Waals surface area contributed by atoms with Crippen LogP contribution in [0, 0.1) is 5.41 Å². The summed E-state index contributed by atoms with van der Waals surface area (Å²) in [5.41, 5.74) is -0.602. The second-order valence-corrected chi connectivity index (χ2v) is 5.34. The second kappa shape index (κ2) is 5.64. The van der Waals surface area contributed by atoms with Crippen molar-refractivity contribution in [1.29, 1.82) is 0 Å². The van der Waals surface area contributed by atoms with Crippen LogP contribution < -0.4 is 0 Å². The average Bonchev–Trinajstić information content (AvgIpc) is 2.75. The van der Waals surface area contributed by atoms with Gasteiger partial charge in [0.1, 0.15) is 0 Å². The van der Waals surface area contributed by atoms with Crippen LogP contribution in [0.2, 0.25) is 0 Å². The van der Waals surface area contributed by atoms with Crippen LogP contribution in [0.3, 0.4) is 0 Å². The van der Waals surface area contributed by atoms with Crippen molar-refractivity contribution in [3.8, 4) is 0 Å². The first-order chi connectivity index (χ1) is 9.05. The molecule has 0 aliphatic carbocycles. The molecule has 0 amide bonds. The molecule has 1 unspecified atom stereocenters. The third kappa shape index (κ3) is 3.09. The number of rotatable bonds is 5. The van der Waals surface area contributed by atoms with Gasteiger partial charge in [0.2, 0.25) is 0 Å². The van der Waals surface area contributed by atoms with Crippen LogP contribution in [0.5, 0.6) is 0 Å². The van der Waals surface area contributed by atoms with Gasteiger partial charge >= 0.3 is 5.97 Å². The molecule has 1 N–H and O–H groups in total. The van der Waals surface area contributed by atoms with E-state index >= 15 is 0 Å². The fraction of sp³-hybridized carbons (Fsp3) is 0.833. The van der Waals surface area contributed by atoms with Crippen LogP contribution >= 0.6 is 0 Å². The predicted molar refractivity (Wildman–Crippen MR) is 68.3 cm³/mol. The fourth-order valence-electron chi connectivity index (χ4n) is 2.91. The van der Waals surface area contributed by atoms with E-state index in [1.165, 1.54) is 4.80 Å². The molecular formula is C12H21N5O2. The van der Waals surface area contributed by atoms with Crippen molar-refractivity contribution in [3.63, 3.8) is 0 Å². The molecule has 0 saturated carbocycles. The number of piperidine rings is 1. The molecule has 2 rings (SSSR count). The summed E-state index contributed by atoms with van der Waals surface area (Å²) in [5.74, 6) is -0.0219. The van der Waals surface area contributed by atoms with Gasteiger partial charge in [-0.1, -0.05) is 13.3 Å². The number of tetrazole rings is 1. The Hall–Kier alpha value is -1.50. The molecule has 19 heavy (non-hydrogen) atoms. The van der Waals surface area contributed by atoms with Crippen LogP contribution in [-0.2, 0) is 18.4 Å². The number of carboxylic acid groups (broad SMARTS) is 1. The first-order valence-corrected chi connectivity index (χ1v) is 6.74. The van der Waals surface area contributed by atoms with E-state index in [0.29, 0.717) is 18.9 Å². The number of carboxylic acids is 1. The highest BCUT2D eigenvalue weighted by Crippen LogP contribution is 2.35. The lowest BCUT2D eigenvalue weighted by atomic mass is 9.76. The molecule has 2 heterocycles. The maximum Gasteiger partial charge on any atom is 0.310 e. The molecule has 0 radical (unpaired) electrons. The van der Waals surface area contributed by atoms with Gasteiger partial charge in [0, 0.05) is 6.54 Å². The largest absolute Gasteiger partial charge is 0.481 e. The molecule has 1 saturated heterocycles. The topological polar surface area (TPSA) is 84.1 Å². The number of hydrogen-bond donors (Lipinski definition) is 1. The van der Waals surface area contributed by atoms with E-state index in [1.807, 2.05) is 6.92 Å². The molecule has 7 heteroatoms. The summed E-state index contributed by atoms with van der Waals surface area (Å²) >= 11 is 0. The maximum absolute atomic E-state index is 11.6. The van der Waals surface area contributed by atoms with Crippen molar-refractivity contribution in [1.82, 2.24) is 25.1 Å². The first kappa shape index (κ1) is 13.9. The monoisotopic (exact) mass is 267 g/mol. The van der Waals surface area contributed by atoms with Gasteiger partial charge in [-0.2, -0.15) is 4.80 Å². The smallest absolute Gasteiger partial charge is 0.310 e. The standard InChI is InChI=1S/C12H21N5O2/c1-3-5-12(11(18)19)6-4-7-17(9-12)8-10-13-15-16(2)14-10/h3-9H2,1-2H3,(H,18,19). The summed E-state index contributed by atoms with van der Waals surface area (Å²) in [7, 11) is 1.73. The Morgan fingerprint density at radius 2 is 2.32 bits per heavy atom. The molecule has 1 aliphatic heterocycles. The van der Waals surface area contributed by atoms with Crippen molar-refractivity contribution in [3.05, 3.63) is 5.82 Å². The normalized spacial score (nSPS) is 24.5. The van der Waals surface area contributed by atoms with E-state index in [0.717, 1.165) is 32.2 Å². The molecule has 1 fully saturated rings. The lowest BCUT2D eigenvalue weighted by Gasteiger charge is -2.39. The number of nitrogens with zero attached hydrogens (tertiary/aromatic N) is 5. The Morgan fingerprint density at radius 1 is 1.53 bits per heavy atom. The zero-order valence-corrected chi connectivity index (χ0v) is 11.5. The zero-order chi connectivity index (χ0) is 13.9. The van der Waals surface area contributed by atoms with Crippen molar-refractivity contribution in [2.45, 2.75) is 39.2 Å². The molecular weight excluding hydrogens is 246 g/mol. The molecule has 1 atom stereocenters. The van der Waals surface area contributed by atoms with Gasteiger partial charge in [0.15, 0.2) is 5.82 Å². The Morgan fingerprint density at radius 3 is 2.89 bits per heavy atom. The number of aliphatic carboxylic acids is 1. The van der Waals surface area contributed by atoms with E-state index < -0.39 is 11.4 Å². The third-order valence-electron chi connectivity index (χ3n) is 3.75. The molecule has 1 aliphatic rings. The molecule has 0 bridgehead atoms. The highest BCUT2D eigenvalue weighted by atomic mass is 16.4. The Kier molecular flexibility index (Phi) is 4.14. The molecule has 1 aromatic rings. The van der Waals surface area contributed by atoms with E-state index in [2.05, 4.69) is 20.3 Å². The van der Waals surface area contributed by atoms with Crippen molar-refractivity contribution < 1.29 is 9.90 Å². The SMILES string of the molecule is CCCC1(C(=O)O)CCCN(Cc2nnn(C)n2)C1. The van der Waals surface area contributed by atoms with E-state index in [9.17, 15) is 9.90 Å². The number of aryl methyl sites for hydroxylation is 1. The Labute approximate surface area is 112 Å². The summed E-state index contributed by atoms with van der Waals surface area (Å²) in [5, 5.41) is 21.4. The van der Waals surface area contributed by atoms with Crippen LogP contribution in [0.1, 0.15) is 38.4 Å². The van der Waals surface area contributed by atoms with Gasteiger partial charge in [-0.15, -0.1) is 10.2 Å². The second-order valence-electron chi connectivity index (χ2n) is 5.34. The summed E-state index contributed by atoms with van der Waals surface area (Å²) in [6, 6.07) is 0. The number of carbonyl (C=O) groups is 1. The van der Waals surface area contributed by atoms with E-state index in [-0.39, 0.29) is 0 Å². The minimum atomic E-state index is -0.675. The number of hydrogen-bond acceptors (Lipinski definition) is 5. The van der Waals surface area contributed by atoms with Crippen LogP contribution in [0.15, 0.2) is 0 Å². The van der Waals surface area contributed by atoms with Gasteiger partial charge < -0.3 is 5.11 Å². The lowest BCUT2D eigenvalue weighted by Crippen LogP contribution is -2.47. The molecule has 0 aromatic carbocycles. The zero-order valence-electron chi connectivity index (χ0n) is 11.5. The van der Waals surface area contributed by atoms with Crippen LogP contribution in [0.4, 0.5) is 0 Å². The molecule has 106 valence electrons. The fourth-order valence-corrected chi connectivity index (χ4v) is 2.91. The summed E-state index contributed by atoms with van der Waals surface area (Å²) < 4.78 is 0. The summed E-state index contributed by atoms with van der Waals surface area (Å²) in [6.07, 6.45) is 3.30. The lowest BCUT2D eigenvalue weighted by molar-refractivity contribution is -0.153.